The molecule has 25 heavy (non-hydrogen) atoms. The maximum absolute atomic E-state index is 11.7. The van der Waals surface area contributed by atoms with Gasteiger partial charge in [0.25, 0.3) is 5.56 Å². The van der Waals surface area contributed by atoms with Crippen molar-refractivity contribution in [2.75, 3.05) is 19.7 Å². The second-order valence-electron chi connectivity index (χ2n) is 6.81. The summed E-state index contributed by atoms with van der Waals surface area (Å²) in [6.45, 7) is 5.50. The number of nitrogens with zero attached hydrogens (tertiary/aromatic N) is 3. The number of hydrogen-bond acceptors (Lipinski definition) is 4. The average Bonchev–Trinajstić information content (AvgIpc) is 3.03. The molecule has 5 heteroatoms. The molecule has 2 heterocycles. The lowest BCUT2D eigenvalue weighted by molar-refractivity contribution is 0.245. The minimum atomic E-state index is -0.106. The van der Waals surface area contributed by atoms with Gasteiger partial charge in [-0.25, -0.2) is 4.68 Å². The van der Waals surface area contributed by atoms with Crippen molar-refractivity contribution in [2.45, 2.75) is 38.6 Å². The van der Waals surface area contributed by atoms with Crippen LogP contribution in [0.5, 0.6) is 5.75 Å². The molecule has 0 aliphatic carbocycles. The van der Waals surface area contributed by atoms with Crippen LogP contribution in [0, 0.1) is 0 Å². The first-order valence-electron chi connectivity index (χ1n) is 9.14. The molecule has 0 radical (unpaired) electrons. The van der Waals surface area contributed by atoms with Gasteiger partial charge >= 0.3 is 0 Å². The fourth-order valence-electron chi connectivity index (χ4n) is 3.30. The van der Waals surface area contributed by atoms with Crippen molar-refractivity contribution in [2.24, 2.45) is 7.05 Å². The Hall–Kier alpha value is -2.14. The van der Waals surface area contributed by atoms with E-state index in [0.717, 1.165) is 35.9 Å². The summed E-state index contributed by atoms with van der Waals surface area (Å²) in [5, 5.41) is 4.05. The smallest absolute Gasteiger partial charge is 0.267 e. The van der Waals surface area contributed by atoms with E-state index in [0.29, 0.717) is 0 Å². The third-order valence-electron chi connectivity index (χ3n) is 4.95. The minimum absolute atomic E-state index is 0.106. The monoisotopic (exact) mass is 341 g/mol. The molecule has 1 aliphatic rings. The van der Waals surface area contributed by atoms with Crippen LogP contribution in [0.25, 0.3) is 11.1 Å². The number of likely N-dealkylation sites (tertiary alicyclic amines) is 1. The highest BCUT2D eigenvalue weighted by atomic mass is 16.5. The van der Waals surface area contributed by atoms with E-state index in [9.17, 15) is 4.79 Å². The van der Waals surface area contributed by atoms with E-state index in [1.807, 2.05) is 24.3 Å². The molecular formula is C20H27N3O2. The minimum Gasteiger partial charge on any atom is -0.494 e. The van der Waals surface area contributed by atoms with Crippen LogP contribution in [0.2, 0.25) is 0 Å². The van der Waals surface area contributed by atoms with Gasteiger partial charge in [-0.1, -0.05) is 12.1 Å². The van der Waals surface area contributed by atoms with Gasteiger partial charge in [0.15, 0.2) is 0 Å². The molecule has 0 amide bonds. The molecule has 1 atom stereocenters. The van der Waals surface area contributed by atoms with Gasteiger partial charge in [0, 0.05) is 24.7 Å². The lowest BCUT2D eigenvalue weighted by atomic mass is 10.1. The zero-order valence-electron chi connectivity index (χ0n) is 15.1. The summed E-state index contributed by atoms with van der Waals surface area (Å²) in [5.41, 5.74) is 1.69. The highest BCUT2D eigenvalue weighted by molar-refractivity contribution is 5.62. The maximum Gasteiger partial charge on any atom is 0.267 e. The first kappa shape index (κ1) is 17.7. The van der Waals surface area contributed by atoms with Crippen molar-refractivity contribution < 1.29 is 4.74 Å². The van der Waals surface area contributed by atoms with E-state index in [1.54, 1.807) is 19.3 Å². The topological polar surface area (TPSA) is 47.4 Å². The molecular weight excluding hydrogens is 314 g/mol. The molecule has 0 saturated carbocycles. The third-order valence-corrected chi connectivity index (χ3v) is 4.95. The fraction of sp³-hybridized carbons (Fsp3) is 0.500. The van der Waals surface area contributed by atoms with Gasteiger partial charge in [0.2, 0.25) is 0 Å². The number of unbranched alkanes of at least 4 members (excludes halogenated alkanes) is 1. The van der Waals surface area contributed by atoms with Crippen LogP contribution in [0.15, 0.2) is 41.3 Å². The predicted octanol–water partition coefficient (Wildman–Crippen LogP) is 3.09. The van der Waals surface area contributed by atoms with Crippen LogP contribution in [0.4, 0.5) is 0 Å². The number of ether oxygens (including phenoxy) is 1. The Labute approximate surface area is 149 Å². The number of benzene rings is 1. The first-order chi connectivity index (χ1) is 12.1. The second-order valence-corrected chi connectivity index (χ2v) is 6.81. The highest BCUT2D eigenvalue weighted by Crippen LogP contribution is 2.21. The Morgan fingerprint density at radius 1 is 1.20 bits per heavy atom. The van der Waals surface area contributed by atoms with E-state index in [-0.39, 0.29) is 5.56 Å². The summed E-state index contributed by atoms with van der Waals surface area (Å²) in [4.78, 5) is 14.2. The van der Waals surface area contributed by atoms with E-state index in [2.05, 4.69) is 16.9 Å². The summed E-state index contributed by atoms with van der Waals surface area (Å²) >= 11 is 0. The molecule has 134 valence electrons. The SMILES string of the molecule is C[C@@H]1CCCN1CCCCOc1ccc(-c2cnn(C)c(=O)c2)cc1. The number of hydrogen-bond donors (Lipinski definition) is 0. The molecule has 1 aromatic carbocycles. The number of rotatable bonds is 7. The van der Waals surface area contributed by atoms with Crippen molar-refractivity contribution in [3.63, 3.8) is 0 Å². The highest BCUT2D eigenvalue weighted by Gasteiger charge is 2.18. The molecule has 1 aliphatic heterocycles. The van der Waals surface area contributed by atoms with Crippen molar-refractivity contribution in [3.05, 3.63) is 46.9 Å². The number of aromatic nitrogens is 2. The normalized spacial score (nSPS) is 17.8. The van der Waals surface area contributed by atoms with Gasteiger partial charge in [-0.2, -0.15) is 5.10 Å². The summed E-state index contributed by atoms with van der Waals surface area (Å²) in [5.74, 6) is 0.870. The first-order valence-corrected chi connectivity index (χ1v) is 9.14. The Morgan fingerprint density at radius 3 is 2.68 bits per heavy atom. The zero-order valence-corrected chi connectivity index (χ0v) is 15.1. The predicted molar refractivity (Wildman–Crippen MR) is 99.9 cm³/mol. The summed E-state index contributed by atoms with van der Waals surface area (Å²) < 4.78 is 7.15. The summed E-state index contributed by atoms with van der Waals surface area (Å²) in [6, 6.07) is 10.2. The van der Waals surface area contributed by atoms with Crippen LogP contribution in [-0.4, -0.2) is 40.4 Å². The van der Waals surface area contributed by atoms with Gasteiger partial charge in [0.1, 0.15) is 5.75 Å². The lowest BCUT2D eigenvalue weighted by Crippen LogP contribution is -2.28. The van der Waals surface area contributed by atoms with Crippen LogP contribution < -0.4 is 10.3 Å². The molecule has 0 bridgehead atoms. The molecule has 5 nitrogen and oxygen atoms in total. The Morgan fingerprint density at radius 2 is 2.00 bits per heavy atom. The quantitative estimate of drug-likeness (QED) is 0.726. The van der Waals surface area contributed by atoms with Crippen LogP contribution in [-0.2, 0) is 7.05 Å². The van der Waals surface area contributed by atoms with E-state index < -0.39 is 0 Å². The van der Waals surface area contributed by atoms with E-state index >= 15 is 0 Å². The van der Waals surface area contributed by atoms with Crippen LogP contribution in [0.3, 0.4) is 0 Å². The number of aryl methyl sites for hydroxylation is 1. The Balaban J connectivity index is 1.44. The standard InChI is InChI=1S/C20H27N3O2/c1-16-6-5-12-23(16)11-3-4-13-25-19-9-7-17(8-10-19)18-14-20(24)22(2)21-15-18/h7-10,14-16H,3-6,11-13H2,1-2H3/t16-/m1/s1. The molecule has 2 aromatic rings. The second kappa shape index (κ2) is 8.30. The van der Waals surface area contributed by atoms with Gasteiger partial charge in [-0.15, -0.1) is 0 Å². The van der Waals surface area contributed by atoms with Crippen LogP contribution in [0.1, 0.15) is 32.6 Å². The Bertz CT molecular complexity index is 739. The molecule has 1 saturated heterocycles. The third kappa shape index (κ3) is 4.69. The van der Waals surface area contributed by atoms with Crippen LogP contribution >= 0.6 is 0 Å². The zero-order chi connectivity index (χ0) is 17.6. The van der Waals surface area contributed by atoms with E-state index in [1.165, 1.54) is 37.0 Å². The lowest BCUT2D eigenvalue weighted by Gasteiger charge is -2.20. The molecule has 0 unspecified atom stereocenters. The van der Waals surface area contributed by atoms with Gasteiger partial charge < -0.3 is 9.64 Å². The Kier molecular flexibility index (Phi) is 5.87. The maximum atomic E-state index is 11.7. The van der Waals surface area contributed by atoms with Crippen molar-refractivity contribution in [3.8, 4) is 16.9 Å². The molecule has 0 N–H and O–H groups in total. The van der Waals surface area contributed by atoms with Crippen molar-refractivity contribution in [1.29, 1.82) is 0 Å². The molecule has 1 fully saturated rings. The molecule has 0 spiro atoms. The van der Waals surface area contributed by atoms with E-state index in [4.69, 9.17) is 4.74 Å². The van der Waals surface area contributed by atoms with Gasteiger partial charge in [0.05, 0.1) is 12.8 Å². The van der Waals surface area contributed by atoms with Crippen molar-refractivity contribution in [1.82, 2.24) is 14.7 Å². The summed E-state index contributed by atoms with van der Waals surface area (Å²) in [7, 11) is 1.65. The van der Waals surface area contributed by atoms with Gasteiger partial charge in [-0.05, 0) is 63.4 Å². The fourth-order valence-corrected chi connectivity index (χ4v) is 3.30. The van der Waals surface area contributed by atoms with Gasteiger partial charge in [-0.3, -0.25) is 4.79 Å². The molecule has 1 aromatic heterocycles. The molecule has 3 rings (SSSR count). The average molecular weight is 341 g/mol. The summed E-state index contributed by atoms with van der Waals surface area (Å²) in [6.07, 6.45) is 6.64. The van der Waals surface area contributed by atoms with Crippen molar-refractivity contribution >= 4 is 0 Å². The largest absolute Gasteiger partial charge is 0.494 e.